The molecule has 0 radical (unpaired) electrons. The van der Waals surface area contributed by atoms with Crippen LogP contribution in [0.4, 0.5) is 0 Å². The van der Waals surface area contributed by atoms with Crippen LogP contribution in [0.2, 0.25) is 0 Å². The summed E-state index contributed by atoms with van der Waals surface area (Å²) in [7, 11) is 0. The Morgan fingerprint density at radius 2 is 2.29 bits per heavy atom. The van der Waals surface area contributed by atoms with Crippen LogP contribution in [0, 0.1) is 0 Å². The SMILES string of the molecule is CCOCC=O.[AlH3]. The van der Waals surface area contributed by atoms with Crippen LogP contribution in [-0.4, -0.2) is 36.9 Å². The molecule has 0 heterocycles. The third kappa shape index (κ3) is 10.7. The van der Waals surface area contributed by atoms with Gasteiger partial charge in [-0.25, -0.2) is 0 Å². The van der Waals surface area contributed by atoms with Crippen LogP contribution in [0.1, 0.15) is 6.92 Å². The Morgan fingerprint density at radius 3 is 2.43 bits per heavy atom. The van der Waals surface area contributed by atoms with E-state index in [4.69, 9.17) is 0 Å². The first-order chi connectivity index (χ1) is 2.91. The standard InChI is InChI=1S/C4H8O2.Al.3H/c1-2-6-4-3-5;;;;/h3H,2,4H2,1H3;;;;. The molecule has 0 aliphatic heterocycles. The number of carbonyl (C=O) groups is 1. The zero-order chi connectivity index (χ0) is 4.83. The van der Waals surface area contributed by atoms with E-state index in [-0.39, 0.29) is 24.0 Å². The Kier molecular flexibility index (Phi) is 13.8. The molecule has 0 unspecified atom stereocenters. The van der Waals surface area contributed by atoms with Crippen molar-refractivity contribution in [3.63, 3.8) is 0 Å². The van der Waals surface area contributed by atoms with Gasteiger partial charge in [-0.2, -0.15) is 0 Å². The molecule has 0 saturated carbocycles. The van der Waals surface area contributed by atoms with E-state index in [1.807, 2.05) is 6.92 Å². The van der Waals surface area contributed by atoms with Gasteiger partial charge in [-0.1, -0.05) is 0 Å². The molecule has 0 saturated heterocycles. The molecule has 0 spiro atoms. The number of ether oxygens (including phenoxy) is 1. The summed E-state index contributed by atoms with van der Waals surface area (Å²) in [6.07, 6.45) is 0.740. The Balaban J connectivity index is 0. The van der Waals surface area contributed by atoms with Gasteiger partial charge in [-0.05, 0) is 6.92 Å². The summed E-state index contributed by atoms with van der Waals surface area (Å²) < 4.78 is 4.61. The average molecular weight is 118 g/mol. The van der Waals surface area contributed by atoms with E-state index in [2.05, 4.69) is 4.74 Å². The van der Waals surface area contributed by atoms with Crippen LogP contribution in [0.25, 0.3) is 0 Å². The largest absolute Gasteiger partial charge is 0.374 e. The van der Waals surface area contributed by atoms with Gasteiger partial charge in [0.15, 0.2) is 17.4 Å². The van der Waals surface area contributed by atoms with Crippen molar-refractivity contribution in [1.82, 2.24) is 0 Å². The molecule has 3 heteroatoms. The molecule has 0 aromatic heterocycles. The van der Waals surface area contributed by atoms with E-state index in [1.165, 1.54) is 0 Å². The van der Waals surface area contributed by atoms with E-state index in [9.17, 15) is 4.79 Å². The fraction of sp³-hybridized carbons (Fsp3) is 0.750. The smallest absolute Gasteiger partial charge is 0.187 e. The highest BCUT2D eigenvalue weighted by atomic mass is 27.0. The van der Waals surface area contributed by atoms with Crippen LogP contribution < -0.4 is 0 Å². The molecule has 2 nitrogen and oxygen atoms in total. The van der Waals surface area contributed by atoms with Gasteiger partial charge in [-0.15, -0.1) is 0 Å². The van der Waals surface area contributed by atoms with Crippen molar-refractivity contribution < 1.29 is 9.53 Å². The van der Waals surface area contributed by atoms with Gasteiger partial charge in [0.05, 0.1) is 0 Å². The van der Waals surface area contributed by atoms with Gasteiger partial charge in [-0.3, -0.25) is 0 Å². The lowest BCUT2D eigenvalue weighted by Crippen LogP contribution is -1.91. The minimum atomic E-state index is 0. The molecule has 0 atom stereocenters. The van der Waals surface area contributed by atoms with Gasteiger partial charge >= 0.3 is 0 Å². The summed E-state index contributed by atoms with van der Waals surface area (Å²) in [5, 5.41) is 0. The number of hydrogen-bond donors (Lipinski definition) is 0. The first kappa shape index (κ1) is 10.2. The van der Waals surface area contributed by atoms with Crippen molar-refractivity contribution in [2.24, 2.45) is 0 Å². The van der Waals surface area contributed by atoms with E-state index >= 15 is 0 Å². The van der Waals surface area contributed by atoms with Crippen molar-refractivity contribution in [2.75, 3.05) is 13.2 Å². The van der Waals surface area contributed by atoms with E-state index in [0.717, 1.165) is 6.29 Å². The molecule has 0 aromatic rings. The van der Waals surface area contributed by atoms with Crippen molar-refractivity contribution in [3.8, 4) is 0 Å². The molecule has 42 valence electrons. The Bertz CT molecular complexity index is 38.7. The minimum Gasteiger partial charge on any atom is -0.374 e. The summed E-state index contributed by atoms with van der Waals surface area (Å²) in [5.74, 6) is 0. The quantitative estimate of drug-likeness (QED) is 0.271. The van der Waals surface area contributed by atoms with Gasteiger partial charge in [0, 0.05) is 6.61 Å². The first-order valence-electron chi connectivity index (χ1n) is 1.93. The normalized spacial score (nSPS) is 7.00. The van der Waals surface area contributed by atoms with Crippen LogP contribution in [-0.2, 0) is 9.53 Å². The summed E-state index contributed by atoms with van der Waals surface area (Å²) >= 11 is 0. The van der Waals surface area contributed by atoms with Crippen LogP contribution in [0.3, 0.4) is 0 Å². The number of carbonyl (C=O) groups excluding carboxylic acids is 1. The first-order valence-corrected chi connectivity index (χ1v) is 1.93. The molecule has 0 aliphatic carbocycles. The maximum Gasteiger partial charge on any atom is 0.187 e. The van der Waals surface area contributed by atoms with E-state index < -0.39 is 0 Å². The Labute approximate surface area is 54.0 Å². The monoisotopic (exact) mass is 118 g/mol. The molecule has 0 rings (SSSR count). The zero-order valence-corrected chi connectivity index (χ0v) is 3.81. The van der Waals surface area contributed by atoms with Gasteiger partial charge < -0.3 is 9.53 Å². The summed E-state index contributed by atoms with van der Waals surface area (Å²) in [5.41, 5.74) is 0. The maximum atomic E-state index is 9.44. The number of hydrogen-bond acceptors (Lipinski definition) is 2. The lowest BCUT2D eigenvalue weighted by Gasteiger charge is -1.85. The fourth-order valence-corrected chi connectivity index (χ4v) is 0.166. The van der Waals surface area contributed by atoms with Crippen molar-refractivity contribution in [3.05, 3.63) is 0 Å². The number of aldehydes is 1. The molecular weight excluding hydrogens is 107 g/mol. The zero-order valence-electron chi connectivity index (χ0n) is 3.81. The average Bonchev–Trinajstić information content (AvgIpc) is 1.61. The molecule has 0 bridgehead atoms. The Hall–Kier alpha value is 0.162. The summed E-state index contributed by atoms with van der Waals surface area (Å²) in [6, 6.07) is 0. The molecule has 7 heavy (non-hydrogen) atoms. The van der Waals surface area contributed by atoms with Gasteiger partial charge in [0.2, 0.25) is 0 Å². The second kappa shape index (κ2) is 9.48. The molecular formula is C4H11AlO2. The van der Waals surface area contributed by atoms with Crippen LogP contribution >= 0.6 is 0 Å². The highest BCUT2D eigenvalue weighted by molar-refractivity contribution is 5.75. The molecule has 0 N–H and O–H groups in total. The minimum absolute atomic E-state index is 0. The highest BCUT2D eigenvalue weighted by Crippen LogP contribution is 1.63. The predicted octanol–water partition coefficient (Wildman–Crippen LogP) is -0.962. The van der Waals surface area contributed by atoms with Crippen LogP contribution in [0.15, 0.2) is 0 Å². The summed E-state index contributed by atoms with van der Waals surface area (Å²) in [4.78, 5) is 9.44. The topological polar surface area (TPSA) is 26.3 Å². The third-order valence-corrected chi connectivity index (χ3v) is 0.390. The molecule has 0 aromatic carbocycles. The van der Waals surface area contributed by atoms with E-state index in [1.54, 1.807) is 0 Å². The molecule has 0 fully saturated rings. The van der Waals surface area contributed by atoms with Gasteiger partial charge in [0.1, 0.15) is 12.9 Å². The third-order valence-electron chi connectivity index (χ3n) is 0.390. The van der Waals surface area contributed by atoms with Gasteiger partial charge in [0.25, 0.3) is 0 Å². The maximum absolute atomic E-state index is 9.44. The second-order valence-electron chi connectivity index (χ2n) is 0.826. The second-order valence-corrected chi connectivity index (χ2v) is 0.826. The van der Waals surface area contributed by atoms with E-state index in [0.29, 0.717) is 6.61 Å². The van der Waals surface area contributed by atoms with Crippen molar-refractivity contribution in [2.45, 2.75) is 6.92 Å². The summed E-state index contributed by atoms with van der Waals surface area (Å²) in [6.45, 7) is 2.71. The fourth-order valence-electron chi connectivity index (χ4n) is 0.166. The predicted molar refractivity (Wildman–Crippen MR) is 32.5 cm³/mol. The molecule has 0 aliphatic rings. The van der Waals surface area contributed by atoms with Crippen LogP contribution in [0.5, 0.6) is 0 Å². The number of rotatable bonds is 3. The lowest BCUT2D eigenvalue weighted by atomic mass is 10.8. The Morgan fingerprint density at radius 1 is 1.71 bits per heavy atom. The van der Waals surface area contributed by atoms with Crippen molar-refractivity contribution >= 4 is 23.6 Å². The highest BCUT2D eigenvalue weighted by Gasteiger charge is 1.71. The lowest BCUT2D eigenvalue weighted by molar-refractivity contribution is -0.111. The molecule has 0 amide bonds. The van der Waals surface area contributed by atoms with Crippen molar-refractivity contribution in [1.29, 1.82) is 0 Å².